The molecule has 106 valence electrons. The second-order valence-corrected chi connectivity index (χ2v) is 6.22. The van der Waals surface area contributed by atoms with E-state index >= 15 is 0 Å². The molecule has 0 saturated carbocycles. The molecule has 0 aliphatic rings. The molecule has 0 bridgehead atoms. The van der Waals surface area contributed by atoms with E-state index in [-0.39, 0.29) is 0 Å². The zero-order valence-corrected chi connectivity index (χ0v) is 13.5. The first-order valence-electron chi connectivity index (χ1n) is 6.10. The fourth-order valence-corrected chi connectivity index (χ4v) is 3.71. The average Bonchev–Trinajstić information content (AvgIpc) is 3.15. The van der Waals surface area contributed by atoms with Crippen LogP contribution in [-0.2, 0) is 7.05 Å². The van der Waals surface area contributed by atoms with Gasteiger partial charge in [-0.05, 0) is 35.0 Å². The molecule has 0 saturated heterocycles. The van der Waals surface area contributed by atoms with Crippen molar-refractivity contribution >= 4 is 32.2 Å². The number of rotatable bonds is 2. The van der Waals surface area contributed by atoms with Gasteiger partial charge < -0.3 is 4.42 Å². The number of halogens is 1. The molecule has 0 amide bonds. The van der Waals surface area contributed by atoms with E-state index in [1.54, 1.807) is 15.5 Å². The zero-order valence-electron chi connectivity index (χ0n) is 11.1. The van der Waals surface area contributed by atoms with Gasteiger partial charge in [-0.15, -0.1) is 10.2 Å². The van der Waals surface area contributed by atoms with Gasteiger partial charge in [0, 0.05) is 7.05 Å². The molecule has 21 heavy (non-hydrogen) atoms. The lowest BCUT2D eigenvalue weighted by Crippen LogP contribution is -1.95. The summed E-state index contributed by atoms with van der Waals surface area (Å²) in [7, 11) is 1.89. The lowest BCUT2D eigenvalue weighted by molar-refractivity contribution is 0.575. The van der Waals surface area contributed by atoms with E-state index in [1.165, 1.54) is 11.3 Å². The van der Waals surface area contributed by atoms with E-state index in [2.05, 4.69) is 36.3 Å². The minimum absolute atomic E-state index is 0.590. The summed E-state index contributed by atoms with van der Waals surface area (Å²) in [6.45, 7) is 1.95. The predicted molar refractivity (Wildman–Crippen MR) is 81.0 cm³/mol. The number of aryl methyl sites for hydroxylation is 2. The summed E-state index contributed by atoms with van der Waals surface area (Å²) in [5, 5.41) is 18.1. The van der Waals surface area contributed by atoms with Crippen LogP contribution in [-0.4, -0.2) is 29.6 Å². The van der Waals surface area contributed by atoms with Crippen LogP contribution in [0.2, 0.25) is 0 Å². The fourth-order valence-electron chi connectivity index (χ4n) is 2.14. The summed E-state index contributed by atoms with van der Waals surface area (Å²) < 4.78 is 9.80. The predicted octanol–water partition coefficient (Wildman–Crippen LogP) is 2.92. The Labute approximate surface area is 131 Å². The molecule has 0 fully saturated rings. The normalized spacial score (nSPS) is 11.6. The van der Waals surface area contributed by atoms with Crippen molar-refractivity contribution in [2.24, 2.45) is 7.05 Å². The van der Waals surface area contributed by atoms with E-state index in [9.17, 15) is 0 Å². The van der Waals surface area contributed by atoms with Crippen LogP contribution in [0.4, 0.5) is 0 Å². The molecule has 4 heterocycles. The van der Waals surface area contributed by atoms with E-state index in [1.807, 2.05) is 26.1 Å². The van der Waals surface area contributed by atoms with Crippen LogP contribution in [0.5, 0.6) is 0 Å². The minimum Gasteiger partial charge on any atom is -0.461 e. The summed E-state index contributed by atoms with van der Waals surface area (Å²) in [4.78, 5) is 0.710. The van der Waals surface area contributed by atoms with Crippen molar-refractivity contribution in [1.29, 1.82) is 0 Å². The van der Waals surface area contributed by atoms with Crippen molar-refractivity contribution in [3.05, 3.63) is 28.6 Å². The number of fused-ring (bicyclic) bond motifs is 1. The Bertz CT molecular complexity index is 935. The van der Waals surface area contributed by atoms with Gasteiger partial charge in [-0.25, -0.2) is 0 Å². The maximum atomic E-state index is 5.37. The molecule has 0 aliphatic carbocycles. The summed E-state index contributed by atoms with van der Waals surface area (Å²) in [6, 6.07) is 3.64. The van der Waals surface area contributed by atoms with Crippen molar-refractivity contribution in [2.75, 3.05) is 0 Å². The first-order chi connectivity index (χ1) is 10.1. The summed E-state index contributed by atoms with van der Waals surface area (Å²) in [6.07, 6.45) is 1.60. The first-order valence-corrected chi connectivity index (χ1v) is 7.71. The standard InChI is InChI=1S/C12H9BrN6OS/c1-6-8(13)9(18(2)16-6)11-17-19-10(7-4-3-5-20-7)14-15-12(19)21-11/h3-5H,1-2H3. The van der Waals surface area contributed by atoms with Gasteiger partial charge in [0.05, 0.1) is 16.4 Å². The molecule has 0 unspecified atom stereocenters. The van der Waals surface area contributed by atoms with Gasteiger partial charge in [0.25, 0.3) is 0 Å². The lowest BCUT2D eigenvalue weighted by Gasteiger charge is -1.96. The van der Waals surface area contributed by atoms with Crippen LogP contribution in [0, 0.1) is 6.92 Å². The second kappa shape index (κ2) is 4.50. The molecule has 9 heteroatoms. The van der Waals surface area contributed by atoms with Gasteiger partial charge in [-0.2, -0.15) is 14.7 Å². The molecule has 4 rings (SSSR count). The molecule has 0 aromatic carbocycles. The Kier molecular flexibility index (Phi) is 2.73. The number of nitrogens with zero attached hydrogens (tertiary/aromatic N) is 6. The monoisotopic (exact) mass is 364 g/mol. The smallest absolute Gasteiger partial charge is 0.235 e. The molecular formula is C12H9BrN6OS. The number of furan rings is 1. The molecule has 7 nitrogen and oxygen atoms in total. The number of hydrogen-bond acceptors (Lipinski definition) is 6. The van der Waals surface area contributed by atoms with Crippen molar-refractivity contribution in [2.45, 2.75) is 6.92 Å². The Balaban J connectivity index is 1.92. The van der Waals surface area contributed by atoms with E-state index in [0.717, 1.165) is 20.9 Å². The van der Waals surface area contributed by atoms with Gasteiger partial charge >= 0.3 is 0 Å². The third-order valence-electron chi connectivity index (χ3n) is 3.08. The Hall–Kier alpha value is -2.00. The summed E-state index contributed by atoms with van der Waals surface area (Å²) in [5.41, 5.74) is 1.85. The fraction of sp³-hybridized carbons (Fsp3) is 0.167. The molecule has 0 aliphatic heterocycles. The minimum atomic E-state index is 0.590. The van der Waals surface area contributed by atoms with Crippen molar-refractivity contribution in [1.82, 2.24) is 29.6 Å². The Morgan fingerprint density at radius 1 is 1.29 bits per heavy atom. The maximum Gasteiger partial charge on any atom is 0.235 e. The van der Waals surface area contributed by atoms with Crippen molar-refractivity contribution < 1.29 is 4.42 Å². The SMILES string of the molecule is Cc1nn(C)c(-c2nn3c(-c4ccco4)nnc3s2)c1Br. The lowest BCUT2D eigenvalue weighted by atomic mass is 10.4. The largest absolute Gasteiger partial charge is 0.461 e. The van der Waals surface area contributed by atoms with Crippen LogP contribution in [0.15, 0.2) is 27.3 Å². The average molecular weight is 365 g/mol. The van der Waals surface area contributed by atoms with E-state index in [0.29, 0.717) is 16.5 Å². The van der Waals surface area contributed by atoms with E-state index in [4.69, 9.17) is 4.42 Å². The van der Waals surface area contributed by atoms with Crippen LogP contribution in [0.3, 0.4) is 0 Å². The third-order valence-corrected chi connectivity index (χ3v) is 4.94. The highest BCUT2D eigenvalue weighted by Crippen LogP contribution is 2.34. The highest BCUT2D eigenvalue weighted by Gasteiger charge is 2.20. The Morgan fingerprint density at radius 2 is 2.14 bits per heavy atom. The molecule has 4 aromatic heterocycles. The van der Waals surface area contributed by atoms with Crippen LogP contribution < -0.4 is 0 Å². The molecule has 0 radical (unpaired) electrons. The van der Waals surface area contributed by atoms with Gasteiger partial charge in [0.2, 0.25) is 10.8 Å². The topological polar surface area (TPSA) is 74.0 Å². The second-order valence-electron chi connectivity index (χ2n) is 4.47. The zero-order chi connectivity index (χ0) is 14.6. The third kappa shape index (κ3) is 1.84. The molecule has 0 spiro atoms. The van der Waals surface area contributed by atoms with E-state index < -0.39 is 0 Å². The highest BCUT2D eigenvalue weighted by atomic mass is 79.9. The van der Waals surface area contributed by atoms with Gasteiger partial charge in [-0.1, -0.05) is 11.3 Å². The maximum absolute atomic E-state index is 5.37. The quantitative estimate of drug-likeness (QED) is 0.546. The summed E-state index contributed by atoms with van der Waals surface area (Å²) >= 11 is 5.02. The van der Waals surface area contributed by atoms with Crippen molar-refractivity contribution in [3.63, 3.8) is 0 Å². The summed E-state index contributed by atoms with van der Waals surface area (Å²) in [5.74, 6) is 1.23. The first kappa shape index (κ1) is 12.7. The number of hydrogen-bond donors (Lipinski definition) is 0. The van der Waals surface area contributed by atoms with Crippen LogP contribution in [0.1, 0.15) is 5.69 Å². The van der Waals surface area contributed by atoms with Crippen LogP contribution in [0.25, 0.3) is 27.2 Å². The molecule has 0 N–H and O–H groups in total. The Morgan fingerprint density at radius 3 is 2.81 bits per heavy atom. The molecule has 0 atom stereocenters. The van der Waals surface area contributed by atoms with Gasteiger partial charge in [-0.3, -0.25) is 4.68 Å². The highest BCUT2D eigenvalue weighted by molar-refractivity contribution is 9.10. The van der Waals surface area contributed by atoms with Gasteiger partial charge in [0.1, 0.15) is 5.69 Å². The molecular weight excluding hydrogens is 356 g/mol. The number of aromatic nitrogens is 6. The van der Waals surface area contributed by atoms with Crippen LogP contribution >= 0.6 is 27.3 Å². The van der Waals surface area contributed by atoms with Crippen molar-refractivity contribution in [3.8, 4) is 22.3 Å². The van der Waals surface area contributed by atoms with Gasteiger partial charge in [0.15, 0.2) is 10.8 Å². The molecule has 4 aromatic rings.